The SMILES string of the molecule is COc1cccc(NC(=O)CCc2ccc(N)cc2)c1. The van der Waals surface area contributed by atoms with Crippen molar-refractivity contribution >= 4 is 17.3 Å². The minimum absolute atomic E-state index is 0.0184. The molecule has 0 aliphatic carbocycles. The predicted octanol–water partition coefficient (Wildman–Crippen LogP) is 2.85. The Bertz CT molecular complexity index is 579. The number of hydrogen-bond acceptors (Lipinski definition) is 3. The lowest BCUT2D eigenvalue weighted by molar-refractivity contribution is -0.116. The summed E-state index contributed by atoms with van der Waals surface area (Å²) in [5, 5.41) is 2.85. The Kier molecular flexibility index (Phi) is 4.60. The van der Waals surface area contributed by atoms with Crippen molar-refractivity contribution in [3.8, 4) is 5.75 Å². The number of carbonyl (C=O) groups is 1. The maximum Gasteiger partial charge on any atom is 0.224 e. The average Bonchev–Trinajstić information content (AvgIpc) is 2.47. The van der Waals surface area contributed by atoms with Crippen LogP contribution in [0.4, 0.5) is 11.4 Å². The number of anilines is 2. The molecule has 0 saturated heterocycles. The first-order chi connectivity index (χ1) is 9.67. The van der Waals surface area contributed by atoms with E-state index in [0.717, 1.165) is 22.7 Å². The van der Waals surface area contributed by atoms with Crippen molar-refractivity contribution in [3.05, 3.63) is 54.1 Å². The number of aryl methyl sites for hydroxylation is 1. The second-order valence-corrected chi connectivity index (χ2v) is 4.52. The number of ether oxygens (including phenoxy) is 1. The van der Waals surface area contributed by atoms with Gasteiger partial charge in [0, 0.05) is 23.9 Å². The number of carbonyl (C=O) groups excluding carboxylic acids is 1. The van der Waals surface area contributed by atoms with E-state index in [1.165, 1.54) is 0 Å². The molecule has 0 unspecified atom stereocenters. The molecule has 0 aromatic heterocycles. The minimum atomic E-state index is -0.0184. The van der Waals surface area contributed by atoms with Gasteiger partial charge in [-0.15, -0.1) is 0 Å². The topological polar surface area (TPSA) is 64.3 Å². The number of nitrogen functional groups attached to an aromatic ring is 1. The molecule has 0 aliphatic rings. The third kappa shape index (κ3) is 4.02. The summed E-state index contributed by atoms with van der Waals surface area (Å²) in [6, 6.07) is 14.9. The summed E-state index contributed by atoms with van der Waals surface area (Å²) in [5.74, 6) is 0.705. The summed E-state index contributed by atoms with van der Waals surface area (Å²) in [7, 11) is 1.60. The predicted molar refractivity (Wildman–Crippen MR) is 80.8 cm³/mol. The Hall–Kier alpha value is -2.49. The second kappa shape index (κ2) is 6.61. The van der Waals surface area contributed by atoms with Gasteiger partial charge < -0.3 is 15.8 Å². The number of methoxy groups -OCH3 is 1. The van der Waals surface area contributed by atoms with Gasteiger partial charge in [0.1, 0.15) is 5.75 Å². The van der Waals surface area contributed by atoms with Gasteiger partial charge in [-0.2, -0.15) is 0 Å². The van der Waals surface area contributed by atoms with Crippen molar-refractivity contribution in [2.75, 3.05) is 18.2 Å². The first-order valence-corrected chi connectivity index (χ1v) is 6.46. The van der Waals surface area contributed by atoms with Gasteiger partial charge in [0.2, 0.25) is 5.91 Å². The fourth-order valence-corrected chi connectivity index (χ4v) is 1.87. The third-order valence-corrected chi connectivity index (χ3v) is 2.97. The van der Waals surface area contributed by atoms with Crippen LogP contribution >= 0.6 is 0 Å². The zero-order valence-corrected chi connectivity index (χ0v) is 11.4. The maximum atomic E-state index is 11.9. The van der Waals surface area contributed by atoms with Crippen molar-refractivity contribution in [2.45, 2.75) is 12.8 Å². The smallest absolute Gasteiger partial charge is 0.224 e. The van der Waals surface area contributed by atoms with E-state index >= 15 is 0 Å². The number of rotatable bonds is 5. The lowest BCUT2D eigenvalue weighted by Crippen LogP contribution is -2.12. The van der Waals surface area contributed by atoms with Crippen LogP contribution in [0.15, 0.2) is 48.5 Å². The van der Waals surface area contributed by atoms with Crippen LogP contribution in [0.25, 0.3) is 0 Å². The molecule has 0 radical (unpaired) electrons. The zero-order valence-electron chi connectivity index (χ0n) is 11.4. The summed E-state index contributed by atoms with van der Waals surface area (Å²) >= 11 is 0. The van der Waals surface area contributed by atoms with Crippen molar-refractivity contribution in [3.63, 3.8) is 0 Å². The molecule has 0 aliphatic heterocycles. The monoisotopic (exact) mass is 270 g/mol. The van der Waals surface area contributed by atoms with Crippen LogP contribution in [0.3, 0.4) is 0 Å². The van der Waals surface area contributed by atoms with E-state index in [-0.39, 0.29) is 5.91 Å². The summed E-state index contributed by atoms with van der Waals surface area (Å²) in [6.45, 7) is 0. The maximum absolute atomic E-state index is 11.9. The molecule has 104 valence electrons. The van der Waals surface area contributed by atoms with E-state index < -0.39 is 0 Å². The van der Waals surface area contributed by atoms with Crippen molar-refractivity contribution in [1.29, 1.82) is 0 Å². The van der Waals surface area contributed by atoms with E-state index in [4.69, 9.17) is 10.5 Å². The van der Waals surface area contributed by atoms with Crippen LogP contribution in [0.1, 0.15) is 12.0 Å². The first-order valence-electron chi connectivity index (χ1n) is 6.46. The van der Waals surface area contributed by atoms with Gasteiger partial charge in [-0.25, -0.2) is 0 Å². The van der Waals surface area contributed by atoms with E-state index in [9.17, 15) is 4.79 Å². The van der Waals surface area contributed by atoms with Crippen molar-refractivity contribution < 1.29 is 9.53 Å². The molecular formula is C16H18N2O2. The first kappa shape index (κ1) is 13.9. The molecule has 0 saturated carbocycles. The standard InChI is InChI=1S/C16H18N2O2/c1-20-15-4-2-3-14(11-15)18-16(19)10-7-12-5-8-13(17)9-6-12/h2-6,8-9,11H,7,10,17H2,1H3,(H,18,19). The van der Waals surface area contributed by atoms with Crippen LogP contribution in [0.2, 0.25) is 0 Å². The fraction of sp³-hybridized carbons (Fsp3) is 0.188. The lowest BCUT2D eigenvalue weighted by Gasteiger charge is -2.07. The Labute approximate surface area is 118 Å². The number of nitrogens with two attached hydrogens (primary N) is 1. The molecule has 0 spiro atoms. The summed E-state index contributed by atoms with van der Waals surface area (Å²) in [5.41, 5.74) is 8.19. The van der Waals surface area contributed by atoms with E-state index in [1.807, 2.05) is 42.5 Å². The van der Waals surface area contributed by atoms with Crippen LogP contribution in [-0.4, -0.2) is 13.0 Å². The Morgan fingerprint density at radius 1 is 1.20 bits per heavy atom. The van der Waals surface area contributed by atoms with Crippen LogP contribution < -0.4 is 15.8 Å². The van der Waals surface area contributed by atoms with Crippen molar-refractivity contribution in [1.82, 2.24) is 0 Å². The quantitative estimate of drug-likeness (QED) is 0.821. The molecule has 0 heterocycles. The van der Waals surface area contributed by atoms with Gasteiger partial charge in [-0.3, -0.25) is 4.79 Å². The zero-order chi connectivity index (χ0) is 14.4. The number of benzene rings is 2. The number of nitrogens with one attached hydrogen (secondary N) is 1. The highest BCUT2D eigenvalue weighted by Crippen LogP contribution is 2.17. The highest BCUT2D eigenvalue weighted by Gasteiger charge is 2.04. The normalized spacial score (nSPS) is 10.1. The molecule has 3 N–H and O–H groups in total. The Morgan fingerprint density at radius 2 is 1.95 bits per heavy atom. The van der Waals surface area contributed by atoms with Crippen molar-refractivity contribution in [2.24, 2.45) is 0 Å². The molecule has 2 aromatic carbocycles. The molecule has 1 amide bonds. The van der Waals surface area contributed by atoms with E-state index in [2.05, 4.69) is 5.32 Å². The summed E-state index contributed by atoms with van der Waals surface area (Å²) in [6.07, 6.45) is 1.12. The summed E-state index contributed by atoms with van der Waals surface area (Å²) in [4.78, 5) is 11.9. The largest absolute Gasteiger partial charge is 0.497 e. The van der Waals surface area contributed by atoms with Gasteiger partial charge in [0.25, 0.3) is 0 Å². The molecule has 20 heavy (non-hydrogen) atoms. The number of hydrogen-bond donors (Lipinski definition) is 2. The molecule has 0 bridgehead atoms. The lowest BCUT2D eigenvalue weighted by atomic mass is 10.1. The second-order valence-electron chi connectivity index (χ2n) is 4.52. The molecule has 4 nitrogen and oxygen atoms in total. The third-order valence-electron chi connectivity index (χ3n) is 2.97. The molecule has 2 aromatic rings. The van der Waals surface area contributed by atoms with Gasteiger partial charge in [0.05, 0.1) is 7.11 Å². The molecule has 4 heteroatoms. The minimum Gasteiger partial charge on any atom is -0.497 e. The molecule has 0 fully saturated rings. The molecular weight excluding hydrogens is 252 g/mol. The molecule has 2 rings (SSSR count). The fourth-order valence-electron chi connectivity index (χ4n) is 1.87. The van der Waals surface area contributed by atoms with E-state index in [1.54, 1.807) is 13.2 Å². The van der Waals surface area contributed by atoms with Crippen LogP contribution in [0, 0.1) is 0 Å². The average molecular weight is 270 g/mol. The van der Waals surface area contributed by atoms with Gasteiger partial charge in [-0.05, 0) is 36.2 Å². The van der Waals surface area contributed by atoms with Gasteiger partial charge in [0.15, 0.2) is 0 Å². The van der Waals surface area contributed by atoms with Gasteiger partial charge >= 0.3 is 0 Å². The Balaban J connectivity index is 1.87. The van der Waals surface area contributed by atoms with Crippen LogP contribution in [-0.2, 0) is 11.2 Å². The Morgan fingerprint density at radius 3 is 2.65 bits per heavy atom. The van der Waals surface area contributed by atoms with Gasteiger partial charge in [-0.1, -0.05) is 18.2 Å². The molecule has 0 atom stereocenters. The number of amides is 1. The summed E-state index contributed by atoms with van der Waals surface area (Å²) < 4.78 is 5.11. The highest BCUT2D eigenvalue weighted by molar-refractivity contribution is 5.91. The van der Waals surface area contributed by atoms with E-state index in [0.29, 0.717) is 12.8 Å². The van der Waals surface area contributed by atoms with Crippen LogP contribution in [0.5, 0.6) is 5.75 Å². The highest BCUT2D eigenvalue weighted by atomic mass is 16.5.